The number of hydrogen-bond donors (Lipinski definition) is 2. The van der Waals surface area contributed by atoms with Gasteiger partial charge in [0.25, 0.3) is 0 Å². The Labute approximate surface area is 119 Å². The molecule has 0 spiro atoms. The van der Waals surface area contributed by atoms with Gasteiger partial charge >= 0.3 is 6.03 Å². The normalized spacial score (nSPS) is 22.5. The van der Waals surface area contributed by atoms with E-state index in [-0.39, 0.29) is 6.03 Å². The van der Waals surface area contributed by atoms with Crippen LogP contribution in [0.2, 0.25) is 0 Å². The number of rotatable bonds is 5. The van der Waals surface area contributed by atoms with Gasteiger partial charge in [0, 0.05) is 12.6 Å². The first-order valence-electron chi connectivity index (χ1n) is 7.25. The molecule has 0 bridgehead atoms. The lowest BCUT2D eigenvalue weighted by molar-refractivity contribution is -0.00232. The molecule has 0 aromatic carbocycles. The van der Waals surface area contributed by atoms with E-state index in [0.717, 1.165) is 6.42 Å². The fourth-order valence-corrected chi connectivity index (χ4v) is 2.49. The van der Waals surface area contributed by atoms with E-state index in [2.05, 4.69) is 22.7 Å². The lowest BCUT2D eigenvalue weighted by Crippen LogP contribution is -2.34. The number of nitrogens with zero attached hydrogens (tertiary/aromatic N) is 1. The second-order valence-electron chi connectivity index (χ2n) is 5.37. The summed E-state index contributed by atoms with van der Waals surface area (Å²) in [4.78, 5) is 11.6. The van der Waals surface area contributed by atoms with Gasteiger partial charge in [0.1, 0.15) is 5.76 Å². The van der Waals surface area contributed by atoms with Crippen molar-refractivity contribution in [3.63, 3.8) is 0 Å². The van der Waals surface area contributed by atoms with Crippen LogP contribution in [0.5, 0.6) is 0 Å². The average molecular weight is 281 g/mol. The van der Waals surface area contributed by atoms with Gasteiger partial charge in [0.05, 0.1) is 12.7 Å². The number of amides is 2. The van der Waals surface area contributed by atoms with Crippen LogP contribution in [0.25, 0.3) is 0 Å². The minimum Gasteiger partial charge on any atom is -0.376 e. The second-order valence-corrected chi connectivity index (χ2v) is 5.37. The van der Waals surface area contributed by atoms with E-state index < -0.39 is 0 Å². The first kappa shape index (κ1) is 14.8. The van der Waals surface area contributed by atoms with Gasteiger partial charge in [0.2, 0.25) is 0 Å². The molecule has 2 N–H and O–H groups in total. The largest absolute Gasteiger partial charge is 0.376 e. The molecular weight excluding hydrogens is 258 g/mol. The topological polar surface area (TPSA) is 76.4 Å². The summed E-state index contributed by atoms with van der Waals surface area (Å²) < 4.78 is 10.7. The van der Waals surface area contributed by atoms with Crippen LogP contribution in [0.3, 0.4) is 0 Å². The molecule has 1 aliphatic rings. The van der Waals surface area contributed by atoms with E-state index >= 15 is 0 Å². The van der Waals surface area contributed by atoms with Crippen molar-refractivity contribution in [3.8, 4) is 0 Å². The average Bonchev–Trinajstić information content (AvgIpc) is 2.82. The van der Waals surface area contributed by atoms with Gasteiger partial charge in [0.15, 0.2) is 5.82 Å². The molecule has 0 saturated heterocycles. The maximum absolute atomic E-state index is 11.6. The molecule has 6 heteroatoms. The highest BCUT2D eigenvalue weighted by Gasteiger charge is 2.21. The number of ether oxygens (including phenoxy) is 1. The van der Waals surface area contributed by atoms with Gasteiger partial charge in [-0.3, -0.25) is 5.32 Å². The molecule has 112 valence electrons. The van der Waals surface area contributed by atoms with E-state index in [0.29, 0.717) is 36.8 Å². The molecule has 1 aromatic rings. The van der Waals surface area contributed by atoms with E-state index in [9.17, 15) is 4.79 Å². The first-order chi connectivity index (χ1) is 9.65. The molecule has 20 heavy (non-hydrogen) atoms. The van der Waals surface area contributed by atoms with Gasteiger partial charge in [-0.15, -0.1) is 0 Å². The minimum atomic E-state index is -0.293. The number of aromatic nitrogens is 1. The highest BCUT2D eigenvalue weighted by atomic mass is 16.5. The van der Waals surface area contributed by atoms with Gasteiger partial charge in [-0.05, 0) is 25.7 Å². The summed E-state index contributed by atoms with van der Waals surface area (Å²) in [5.41, 5.74) is 0. The van der Waals surface area contributed by atoms with E-state index in [1.54, 1.807) is 13.0 Å². The minimum absolute atomic E-state index is 0.293. The molecular formula is C14H23N3O3. The van der Waals surface area contributed by atoms with Crippen molar-refractivity contribution in [2.24, 2.45) is 5.92 Å². The van der Waals surface area contributed by atoms with Crippen molar-refractivity contribution in [2.45, 2.75) is 45.6 Å². The van der Waals surface area contributed by atoms with Crippen LogP contribution in [0, 0.1) is 12.8 Å². The Balaban J connectivity index is 1.59. The highest BCUT2D eigenvalue weighted by Crippen LogP contribution is 2.25. The van der Waals surface area contributed by atoms with Crippen molar-refractivity contribution in [3.05, 3.63) is 11.8 Å². The Morgan fingerprint density at radius 1 is 1.50 bits per heavy atom. The maximum Gasteiger partial charge on any atom is 0.320 e. The zero-order valence-electron chi connectivity index (χ0n) is 12.1. The van der Waals surface area contributed by atoms with E-state index in [1.165, 1.54) is 19.3 Å². The molecule has 1 aromatic heterocycles. The van der Waals surface area contributed by atoms with Crippen LogP contribution in [0.1, 0.15) is 38.4 Å². The SMILES string of the molecule is Cc1cc(NC(=O)NCCO[C@@H]2CCCC[C@@H]2C)no1. The van der Waals surface area contributed by atoms with Crippen molar-refractivity contribution < 1.29 is 14.1 Å². The highest BCUT2D eigenvalue weighted by molar-refractivity contribution is 5.88. The van der Waals surface area contributed by atoms with Crippen LogP contribution < -0.4 is 10.6 Å². The monoisotopic (exact) mass is 281 g/mol. The Kier molecular flexibility index (Phi) is 5.40. The lowest BCUT2D eigenvalue weighted by atomic mass is 9.88. The third-order valence-corrected chi connectivity index (χ3v) is 3.62. The number of nitrogens with one attached hydrogen (secondary N) is 2. The predicted molar refractivity (Wildman–Crippen MR) is 75.6 cm³/mol. The summed E-state index contributed by atoms with van der Waals surface area (Å²) in [6.07, 6.45) is 5.26. The van der Waals surface area contributed by atoms with Crippen molar-refractivity contribution in [2.75, 3.05) is 18.5 Å². The summed E-state index contributed by atoms with van der Waals surface area (Å²) in [5.74, 6) is 1.70. The molecule has 0 radical (unpaired) electrons. The van der Waals surface area contributed by atoms with Crippen molar-refractivity contribution >= 4 is 11.8 Å². The number of aryl methyl sites for hydroxylation is 1. The number of hydrogen-bond acceptors (Lipinski definition) is 4. The Bertz CT molecular complexity index is 433. The predicted octanol–water partition coefficient (Wildman–Crippen LogP) is 2.70. The molecule has 6 nitrogen and oxygen atoms in total. The molecule has 1 saturated carbocycles. The number of urea groups is 1. The molecule has 0 unspecified atom stereocenters. The summed E-state index contributed by atoms with van der Waals surface area (Å²) in [6.45, 7) is 5.04. The van der Waals surface area contributed by atoms with Gasteiger partial charge in [-0.1, -0.05) is 24.9 Å². The summed E-state index contributed by atoms with van der Waals surface area (Å²) in [5, 5.41) is 9.03. The van der Waals surface area contributed by atoms with Crippen molar-refractivity contribution in [1.29, 1.82) is 0 Å². The zero-order chi connectivity index (χ0) is 14.4. The van der Waals surface area contributed by atoms with Crippen LogP contribution >= 0.6 is 0 Å². The van der Waals surface area contributed by atoms with E-state index in [1.807, 2.05) is 0 Å². The summed E-state index contributed by atoms with van der Waals surface area (Å²) >= 11 is 0. The lowest BCUT2D eigenvalue weighted by Gasteiger charge is -2.28. The van der Waals surface area contributed by atoms with Gasteiger partial charge in [-0.2, -0.15) is 0 Å². The Morgan fingerprint density at radius 2 is 2.30 bits per heavy atom. The molecule has 2 amide bonds. The quantitative estimate of drug-likeness (QED) is 0.814. The third kappa shape index (κ3) is 4.52. The first-order valence-corrected chi connectivity index (χ1v) is 7.25. The standard InChI is InChI=1S/C14H23N3O3/c1-10-5-3-4-6-12(10)19-8-7-15-14(18)16-13-9-11(2)20-17-13/h9-10,12H,3-8H2,1-2H3,(H2,15,16,17,18)/t10-,12+/m0/s1. The Morgan fingerprint density at radius 3 is 3.00 bits per heavy atom. The number of anilines is 1. The van der Waals surface area contributed by atoms with Crippen molar-refractivity contribution in [1.82, 2.24) is 10.5 Å². The van der Waals surface area contributed by atoms with E-state index in [4.69, 9.17) is 9.26 Å². The fourth-order valence-electron chi connectivity index (χ4n) is 2.49. The summed E-state index contributed by atoms with van der Waals surface area (Å²) in [6, 6.07) is 1.37. The van der Waals surface area contributed by atoms with Crippen LogP contribution in [0.15, 0.2) is 10.6 Å². The molecule has 1 heterocycles. The third-order valence-electron chi connectivity index (χ3n) is 3.62. The van der Waals surface area contributed by atoms with Crippen LogP contribution in [-0.2, 0) is 4.74 Å². The maximum atomic E-state index is 11.6. The fraction of sp³-hybridized carbons (Fsp3) is 0.714. The molecule has 0 aliphatic heterocycles. The summed E-state index contributed by atoms with van der Waals surface area (Å²) in [7, 11) is 0. The van der Waals surface area contributed by atoms with Crippen LogP contribution in [0.4, 0.5) is 10.6 Å². The molecule has 1 fully saturated rings. The molecule has 2 atom stereocenters. The molecule has 2 rings (SSSR count). The zero-order valence-corrected chi connectivity index (χ0v) is 12.1. The second kappa shape index (κ2) is 7.28. The smallest absolute Gasteiger partial charge is 0.320 e. The number of carbonyl (C=O) groups excluding carboxylic acids is 1. The molecule has 1 aliphatic carbocycles. The number of carbonyl (C=O) groups is 1. The van der Waals surface area contributed by atoms with Gasteiger partial charge in [-0.25, -0.2) is 4.79 Å². The van der Waals surface area contributed by atoms with Gasteiger partial charge < -0.3 is 14.6 Å². The van der Waals surface area contributed by atoms with Crippen LogP contribution in [-0.4, -0.2) is 30.4 Å². The Hall–Kier alpha value is -1.56.